The molecule has 0 saturated carbocycles. The summed E-state index contributed by atoms with van der Waals surface area (Å²) in [5.41, 5.74) is 2.11. The van der Waals surface area contributed by atoms with Crippen LogP contribution in [-0.4, -0.2) is 12.1 Å². The monoisotopic (exact) mass is 370 g/mol. The highest BCUT2D eigenvalue weighted by atomic mass is 79.9. The SMILES string of the molecule is O=C(NN=Cc1cccc(C(F)(F)F)c1)c1ccccc1Br. The van der Waals surface area contributed by atoms with Gasteiger partial charge in [0, 0.05) is 4.47 Å². The minimum atomic E-state index is -4.41. The molecule has 114 valence electrons. The summed E-state index contributed by atoms with van der Waals surface area (Å²) in [6.45, 7) is 0. The number of halogens is 4. The van der Waals surface area contributed by atoms with Gasteiger partial charge in [0.25, 0.3) is 5.91 Å². The first-order valence-electron chi connectivity index (χ1n) is 6.13. The van der Waals surface area contributed by atoms with Crippen LogP contribution in [0.1, 0.15) is 21.5 Å². The van der Waals surface area contributed by atoms with Crippen molar-refractivity contribution in [2.45, 2.75) is 6.18 Å². The van der Waals surface area contributed by atoms with Crippen LogP contribution in [0.3, 0.4) is 0 Å². The molecule has 2 aromatic carbocycles. The van der Waals surface area contributed by atoms with Crippen LogP contribution in [-0.2, 0) is 6.18 Å². The Kier molecular flexibility index (Phi) is 4.97. The number of hydrogen-bond donors (Lipinski definition) is 1. The summed E-state index contributed by atoms with van der Waals surface area (Å²) >= 11 is 3.23. The average molecular weight is 371 g/mol. The number of carbonyl (C=O) groups is 1. The average Bonchev–Trinajstić information content (AvgIpc) is 2.47. The molecule has 0 aliphatic heterocycles. The molecule has 22 heavy (non-hydrogen) atoms. The standard InChI is InChI=1S/C15H10BrF3N2O/c16-13-7-2-1-6-12(13)14(22)21-20-9-10-4-3-5-11(8-10)15(17,18)19/h1-9H,(H,21,22). The first-order chi connectivity index (χ1) is 10.4. The fourth-order valence-corrected chi connectivity index (χ4v) is 2.13. The summed E-state index contributed by atoms with van der Waals surface area (Å²) in [7, 11) is 0. The van der Waals surface area contributed by atoms with Gasteiger partial charge in [-0.25, -0.2) is 5.43 Å². The zero-order valence-electron chi connectivity index (χ0n) is 11.1. The summed E-state index contributed by atoms with van der Waals surface area (Å²) in [6, 6.07) is 11.4. The van der Waals surface area contributed by atoms with Crippen LogP contribution in [0.2, 0.25) is 0 Å². The zero-order chi connectivity index (χ0) is 16.2. The van der Waals surface area contributed by atoms with Gasteiger partial charge >= 0.3 is 6.18 Å². The lowest BCUT2D eigenvalue weighted by molar-refractivity contribution is -0.137. The first kappa shape index (κ1) is 16.2. The van der Waals surface area contributed by atoms with Crippen molar-refractivity contribution in [2.24, 2.45) is 5.10 Å². The number of amides is 1. The lowest BCUT2D eigenvalue weighted by atomic mass is 10.1. The maximum atomic E-state index is 12.6. The van der Waals surface area contributed by atoms with E-state index >= 15 is 0 Å². The van der Waals surface area contributed by atoms with E-state index in [0.717, 1.165) is 18.3 Å². The highest BCUT2D eigenvalue weighted by Gasteiger charge is 2.30. The summed E-state index contributed by atoms with van der Waals surface area (Å²) in [6.07, 6.45) is -3.26. The number of rotatable bonds is 3. The van der Waals surface area contributed by atoms with E-state index in [1.54, 1.807) is 24.3 Å². The number of hydrazone groups is 1. The van der Waals surface area contributed by atoms with Crippen molar-refractivity contribution in [1.29, 1.82) is 0 Å². The summed E-state index contributed by atoms with van der Waals surface area (Å²) in [5, 5.41) is 3.67. The molecular weight excluding hydrogens is 361 g/mol. The molecule has 0 atom stereocenters. The van der Waals surface area contributed by atoms with Gasteiger partial charge in [-0.2, -0.15) is 18.3 Å². The van der Waals surface area contributed by atoms with Crippen LogP contribution >= 0.6 is 15.9 Å². The summed E-state index contributed by atoms with van der Waals surface area (Å²) < 4.78 is 38.3. The van der Waals surface area contributed by atoms with E-state index < -0.39 is 17.6 Å². The van der Waals surface area contributed by atoms with Gasteiger partial charge in [0.05, 0.1) is 17.3 Å². The molecule has 0 aliphatic carbocycles. The van der Waals surface area contributed by atoms with Gasteiger partial charge in [0.1, 0.15) is 0 Å². The third-order valence-electron chi connectivity index (χ3n) is 2.71. The van der Waals surface area contributed by atoms with Crippen molar-refractivity contribution >= 4 is 28.1 Å². The highest BCUT2D eigenvalue weighted by Crippen LogP contribution is 2.29. The van der Waals surface area contributed by atoms with Gasteiger partial charge in [-0.05, 0) is 45.8 Å². The zero-order valence-corrected chi connectivity index (χ0v) is 12.6. The quantitative estimate of drug-likeness (QED) is 0.637. The lowest BCUT2D eigenvalue weighted by Crippen LogP contribution is -2.18. The van der Waals surface area contributed by atoms with Gasteiger partial charge in [-0.3, -0.25) is 4.79 Å². The highest BCUT2D eigenvalue weighted by molar-refractivity contribution is 9.10. The number of benzene rings is 2. The second kappa shape index (κ2) is 6.74. The molecule has 2 rings (SSSR count). The normalized spacial score (nSPS) is 11.6. The third-order valence-corrected chi connectivity index (χ3v) is 3.40. The maximum Gasteiger partial charge on any atom is 0.416 e. The van der Waals surface area contributed by atoms with Crippen LogP contribution in [0.5, 0.6) is 0 Å². The third kappa shape index (κ3) is 4.17. The Morgan fingerprint density at radius 2 is 1.86 bits per heavy atom. The second-order valence-corrected chi connectivity index (χ2v) is 5.16. The van der Waals surface area contributed by atoms with Crippen LogP contribution in [0.4, 0.5) is 13.2 Å². The summed E-state index contributed by atoms with van der Waals surface area (Å²) in [5.74, 6) is -0.462. The number of carbonyl (C=O) groups excluding carboxylic acids is 1. The van der Waals surface area contributed by atoms with E-state index in [-0.39, 0.29) is 5.56 Å². The Balaban J connectivity index is 2.07. The van der Waals surface area contributed by atoms with Gasteiger partial charge in [-0.1, -0.05) is 24.3 Å². The molecule has 0 saturated heterocycles. The number of nitrogens with zero attached hydrogens (tertiary/aromatic N) is 1. The number of alkyl halides is 3. The predicted octanol–water partition coefficient (Wildman–Crippen LogP) is 4.23. The van der Waals surface area contributed by atoms with Gasteiger partial charge in [-0.15, -0.1) is 0 Å². The fourth-order valence-electron chi connectivity index (χ4n) is 1.67. The van der Waals surface area contributed by atoms with E-state index in [4.69, 9.17) is 0 Å². The molecule has 0 aromatic heterocycles. The molecule has 7 heteroatoms. The Morgan fingerprint density at radius 3 is 2.55 bits per heavy atom. The molecule has 3 nitrogen and oxygen atoms in total. The van der Waals surface area contributed by atoms with Crippen molar-refractivity contribution in [3.63, 3.8) is 0 Å². The van der Waals surface area contributed by atoms with E-state index in [1.807, 2.05) is 0 Å². The largest absolute Gasteiger partial charge is 0.416 e. The topological polar surface area (TPSA) is 41.5 Å². The van der Waals surface area contributed by atoms with E-state index in [1.165, 1.54) is 12.1 Å². The molecule has 0 unspecified atom stereocenters. The Labute approximate surface area is 133 Å². The Bertz CT molecular complexity index is 714. The Hall–Kier alpha value is -2.15. The molecule has 0 spiro atoms. The van der Waals surface area contributed by atoms with Crippen LogP contribution in [0.25, 0.3) is 0 Å². The van der Waals surface area contributed by atoms with Crippen LogP contribution < -0.4 is 5.43 Å². The van der Waals surface area contributed by atoms with Crippen molar-refractivity contribution in [2.75, 3.05) is 0 Å². The van der Waals surface area contributed by atoms with E-state index in [2.05, 4.69) is 26.5 Å². The van der Waals surface area contributed by atoms with Crippen LogP contribution in [0.15, 0.2) is 58.1 Å². The lowest BCUT2D eigenvalue weighted by Gasteiger charge is -2.06. The van der Waals surface area contributed by atoms with E-state index in [9.17, 15) is 18.0 Å². The van der Waals surface area contributed by atoms with Gasteiger partial charge in [0.15, 0.2) is 0 Å². The minimum Gasteiger partial charge on any atom is -0.267 e. The number of hydrogen-bond acceptors (Lipinski definition) is 2. The van der Waals surface area contributed by atoms with Crippen molar-refractivity contribution < 1.29 is 18.0 Å². The van der Waals surface area contributed by atoms with Crippen molar-refractivity contribution in [1.82, 2.24) is 5.43 Å². The van der Waals surface area contributed by atoms with Gasteiger partial charge < -0.3 is 0 Å². The Morgan fingerprint density at radius 1 is 1.14 bits per heavy atom. The smallest absolute Gasteiger partial charge is 0.267 e. The summed E-state index contributed by atoms with van der Waals surface area (Å²) in [4.78, 5) is 11.8. The first-order valence-corrected chi connectivity index (χ1v) is 6.92. The minimum absolute atomic E-state index is 0.238. The number of nitrogens with one attached hydrogen (secondary N) is 1. The molecule has 1 amide bonds. The fraction of sp³-hybridized carbons (Fsp3) is 0.0667. The molecule has 0 aliphatic rings. The molecule has 0 radical (unpaired) electrons. The molecule has 1 N–H and O–H groups in total. The predicted molar refractivity (Wildman–Crippen MR) is 80.6 cm³/mol. The second-order valence-electron chi connectivity index (χ2n) is 4.30. The molecular formula is C15H10BrF3N2O. The maximum absolute atomic E-state index is 12.6. The van der Waals surface area contributed by atoms with Crippen molar-refractivity contribution in [3.8, 4) is 0 Å². The molecule has 0 bridgehead atoms. The molecule has 2 aromatic rings. The van der Waals surface area contributed by atoms with E-state index in [0.29, 0.717) is 10.0 Å². The van der Waals surface area contributed by atoms with Gasteiger partial charge in [0.2, 0.25) is 0 Å². The molecule has 0 heterocycles. The molecule has 0 fully saturated rings. The van der Waals surface area contributed by atoms with Crippen LogP contribution in [0, 0.1) is 0 Å². The van der Waals surface area contributed by atoms with Crippen molar-refractivity contribution in [3.05, 3.63) is 69.7 Å².